The topological polar surface area (TPSA) is 42.7 Å². The third-order valence-corrected chi connectivity index (χ3v) is 10.3. The summed E-state index contributed by atoms with van der Waals surface area (Å²) in [7, 11) is 0. The van der Waals surface area contributed by atoms with Crippen molar-refractivity contribution in [2.75, 3.05) is 4.90 Å². The molecule has 0 N–H and O–H groups in total. The molecule has 0 spiro atoms. The van der Waals surface area contributed by atoms with E-state index in [1.54, 1.807) is 0 Å². The number of benzene rings is 8. The van der Waals surface area contributed by atoms with Gasteiger partial charge in [-0.05, 0) is 77.9 Å². The highest BCUT2D eigenvalue weighted by molar-refractivity contribution is 6.12. The Hall–Kier alpha value is -7.04. The van der Waals surface area contributed by atoms with E-state index < -0.39 is 0 Å². The molecule has 0 saturated heterocycles. The van der Waals surface area contributed by atoms with Crippen molar-refractivity contribution in [3.05, 3.63) is 176 Å². The van der Waals surface area contributed by atoms with Crippen LogP contribution >= 0.6 is 0 Å². The standard InChI is InChI=1S/C48H29NO3/c1-2-10-32(11-3-1)49(33-23-20-30(21-24-33)35-14-8-16-39-37-12-4-6-18-43(37)51-47(35)39)34-25-27-46-42(29-34)41-28-31(22-26-45(41)50-46)36-15-9-17-40-38-13-5-7-19-44(38)52-48(36)40/h1-29H. The number of fused-ring (bicyclic) bond motifs is 9. The number of rotatable bonds is 5. The average Bonchev–Trinajstić information content (AvgIpc) is 3.90. The second kappa shape index (κ2) is 11.2. The van der Waals surface area contributed by atoms with Crippen LogP contribution in [0.2, 0.25) is 0 Å². The molecule has 0 unspecified atom stereocenters. The second-order valence-electron chi connectivity index (χ2n) is 13.3. The van der Waals surface area contributed by atoms with Crippen LogP contribution in [0.4, 0.5) is 17.1 Å². The molecule has 8 aromatic carbocycles. The van der Waals surface area contributed by atoms with Crippen molar-refractivity contribution in [2.24, 2.45) is 0 Å². The summed E-state index contributed by atoms with van der Waals surface area (Å²) >= 11 is 0. The van der Waals surface area contributed by atoms with Gasteiger partial charge in [0, 0.05) is 60.5 Å². The smallest absolute Gasteiger partial charge is 0.143 e. The maximum Gasteiger partial charge on any atom is 0.143 e. The van der Waals surface area contributed by atoms with Gasteiger partial charge in [-0.1, -0.05) is 109 Å². The summed E-state index contributed by atoms with van der Waals surface area (Å²) in [5.41, 5.74) is 12.8. The van der Waals surface area contributed by atoms with Crippen molar-refractivity contribution in [3.8, 4) is 22.3 Å². The van der Waals surface area contributed by atoms with Crippen LogP contribution in [0.25, 0.3) is 88.1 Å². The van der Waals surface area contributed by atoms with E-state index in [1.165, 1.54) is 0 Å². The molecule has 11 aromatic rings. The molecule has 3 aromatic heterocycles. The first-order chi connectivity index (χ1) is 25.8. The van der Waals surface area contributed by atoms with Gasteiger partial charge in [-0.3, -0.25) is 0 Å². The Balaban J connectivity index is 1.03. The van der Waals surface area contributed by atoms with Crippen LogP contribution < -0.4 is 4.90 Å². The fourth-order valence-electron chi connectivity index (χ4n) is 7.84. The first-order valence-electron chi connectivity index (χ1n) is 17.5. The first kappa shape index (κ1) is 28.8. The molecule has 0 saturated carbocycles. The van der Waals surface area contributed by atoms with Gasteiger partial charge in [0.05, 0.1) is 0 Å². The molecule has 244 valence electrons. The van der Waals surface area contributed by atoms with Gasteiger partial charge in [0.25, 0.3) is 0 Å². The number of nitrogens with zero attached hydrogens (tertiary/aromatic N) is 1. The summed E-state index contributed by atoms with van der Waals surface area (Å²) in [6.07, 6.45) is 0. The Kier molecular flexibility index (Phi) is 6.22. The fraction of sp³-hybridized carbons (Fsp3) is 0. The second-order valence-corrected chi connectivity index (χ2v) is 13.3. The van der Waals surface area contributed by atoms with Crippen molar-refractivity contribution in [3.63, 3.8) is 0 Å². The maximum atomic E-state index is 6.40. The molecular formula is C48H29NO3. The minimum absolute atomic E-state index is 0.847. The van der Waals surface area contributed by atoms with Crippen LogP contribution in [-0.4, -0.2) is 0 Å². The van der Waals surface area contributed by atoms with E-state index in [2.05, 4.69) is 157 Å². The predicted octanol–water partition coefficient (Wildman–Crippen LogP) is 14.2. The minimum atomic E-state index is 0.847. The van der Waals surface area contributed by atoms with Crippen LogP contribution in [0.15, 0.2) is 189 Å². The Morgan fingerprint density at radius 1 is 0.288 bits per heavy atom. The van der Waals surface area contributed by atoms with Crippen molar-refractivity contribution < 1.29 is 13.3 Å². The number of para-hydroxylation sites is 5. The molecule has 52 heavy (non-hydrogen) atoms. The molecular weight excluding hydrogens is 639 g/mol. The van der Waals surface area contributed by atoms with Crippen LogP contribution in [0, 0.1) is 0 Å². The summed E-state index contributed by atoms with van der Waals surface area (Å²) in [6, 6.07) is 61.3. The van der Waals surface area contributed by atoms with Crippen molar-refractivity contribution in [1.82, 2.24) is 0 Å². The molecule has 0 aliphatic heterocycles. The van der Waals surface area contributed by atoms with E-state index in [0.717, 1.165) is 105 Å². The van der Waals surface area contributed by atoms with Gasteiger partial charge in [0.2, 0.25) is 0 Å². The van der Waals surface area contributed by atoms with Crippen LogP contribution in [0.1, 0.15) is 0 Å². The van der Waals surface area contributed by atoms with E-state index in [0.29, 0.717) is 0 Å². The van der Waals surface area contributed by atoms with Gasteiger partial charge in [0.15, 0.2) is 0 Å². The number of hydrogen-bond acceptors (Lipinski definition) is 4. The highest BCUT2D eigenvalue weighted by Crippen LogP contribution is 2.42. The zero-order chi connectivity index (χ0) is 34.2. The normalized spacial score (nSPS) is 11.8. The van der Waals surface area contributed by atoms with E-state index in [4.69, 9.17) is 13.3 Å². The molecule has 3 heterocycles. The molecule has 4 heteroatoms. The van der Waals surface area contributed by atoms with Crippen molar-refractivity contribution in [1.29, 1.82) is 0 Å². The predicted molar refractivity (Wildman–Crippen MR) is 214 cm³/mol. The summed E-state index contributed by atoms with van der Waals surface area (Å²) in [5, 5.41) is 6.61. The van der Waals surface area contributed by atoms with E-state index >= 15 is 0 Å². The van der Waals surface area contributed by atoms with Crippen molar-refractivity contribution in [2.45, 2.75) is 0 Å². The van der Waals surface area contributed by atoms with Gasteiger partial charge in [0.1, 0.15) is 33.5 Å². The SMILES string of the molecule is c1ccc(N(c2ccc(-c3cccc4c3oc3ccccc34)cc2)c2ccc3oc4ccc(-c5cccc6c5oc5ccccc56)cc4c3c2)cc1. The van der Waals surface area contributed by atoms with Gasteiger partial charge >= 0.3 is 0 Å². The highest BCUT2D eigenvalue weighted by Gasteiger charge is 2.18. The number of anilines is 3. The van der Waals surface area contributed by atoms with Crippen molar-refractivity contribution >= 4 is 82.9 Å². The quantitative estimate of drug-likeness (QED) is 0.183. The summed E-state index contributed by atoms with van der Waals surface area (Å²) < 4.78 is 19.2. The molecule has 0 amide bonds. The Labute approximate surface area is 298 Å². The highest BCUT2D eigenvalue weighted by atomic mass is 16.3. The monoisotopic (exact) mass is 667 g/mol. The van der Waals surface area contributed by atoms with Gasteiger partial charge in [-0.25, -0.2) is 0 Å². The lowest BCUT2D eigenvalue weighted by Crippen LogP contribution is -2.09. The molecule has 0 atom stereocenters. The number of hydrogen-bond donors (Lipinski definition) is 0. The van der Waals surface area contributed by atoms with E-state index in [9.17, 15) is 0 Å². The number of furan rings is 3. The third kappa shape index (κ3) is 4.41. The van der Waals surface area contributed by atoms with Crippen LogP contribution in [0.5, 0.6) is 0 Å². The lowest BCUT2D eigenvalue weighted by Gasteiger charge is -2.25. The summed E-state index contributed by atoms with van der Waals surface area (Å²) in [5.74, 6) is 0. The minimum Gasteiger partial charge on any atom is -0.456 e. The molecule has 4 nitrogen and oxygen atoms in total. The van der Waals surface area contributed by atoms with E-state index in [-0.39, 0.29) is 0 Å². The van der Waals surface area contributed by atoms with E-state index in [1.807, 2.05) is 24.3 Å². The third-order valence-electron chi connectivity index (χ3n) is 10.3. The van der Waals surface area contributed by atoms with Gasteiger partial charge in [-0.2, -0.15) is 0 Å². The molecule has 0 fully saturated rings. The lowest BCUT2D eigenvalue weighted by molar-refractivity contribution is 0.668. The van der Waals surface area contributed by atoms with Crippen LogP contribution in [-0.2, 0) is 0 Å². The Morgan fingerprint density at radius 2 is 0.769 bits per heavy atom. The average molecular weight is 668 g/mol. The lowest BCUT2D eigenvalue weighted by atomic mass is 10.00. The van der Waals surface area contributed by atoms with Gasteiger partial charge < -0.3 is 18.2 Å². The maximum absolute atomic E-state index is 6.40. The molecule has 0 radical (unpaired) electrons. The summed E-state index contributed by atoms with van der Waals surface area (Å²) in [6.45, 7) is 0. The largest absolute Gasteiger partial charge is 0.456 e. The fourth-order valence-corrected chi connectivity index (χ4v) is 7.84. The Bertz CT molecular complexity index is 3130. The molecule has 0 bridgehead atoms. The molecule has 11 rings (SSSR count). The Morgan fingerprint density at radius 3 is 1.44 bits per heavy atom. The zero-order valence-electron chi connectivity index (χ0n) is 27.9. The summed E-state index contributed by atoms with van der Waals surface area (Å²) in [4.78, 5) is 2.29. The van der Waals surface area contributed by atoms with Gasteiger partial charge in [-0.15, -0.1) is 0 Å². The van der Waals surface area contributed by atoms with Crippen LogP contribution in [0.3, 0.4) is 0 Å². The molecule has 0 aliphatic rings. The first-order valence-corrected chi connectivity index (χ1v) is 17.5. The zero-order valence-corrected chi connectivity index (χ0v) is 27.9. The molecule has 0 aliphatic carbocycles.